The third-order valence-corrected chi connectivity index (χ3v) is 6.93. The lowest BCUT2D eigenvalue weighted by Crippen LogP contribution is -2.46. The Morgan fingerprint density at radius 3 is 2.43 bits per heavy atom. The molecule has 1 aromatic carbocycles. The van der Waals surface area contributed by atoms with Crippen LogP contribution in [0.2, 0.25) is 0 Å². The largest absolute Gasteiger partial charge is 0.385 e. The quantitative estimate of drug-likeness (QED) is 0.470. The second-order valence-electron chi connectivity index (χ2n) is 10.6. The van der Waals surface area contributed by atoms with Gasteiger partial charge in [-0.2, -0.15) is 0 Å². The molecule has 1 aliphatic heterocycles. The molecular formula is C29H42N4O2. The number of amides is 1. The van der Waals surface area contributed by atoms with E-state index >= 15 is 0 Å². The van der Waals surface area contributed by atoms with Crippen LogP contribution in [0.1, 0.15) is 52.0 Å². The highest BCUT2D eigenvalue weighted by Crippen LogP contribution is 2.30. The molecule has 1 saturated heterocycles. The van der Waals surface area contributed by atoms with Gasteiger partial charge in [0.25, 0.3) is 0 Å². The predicted octanol–water partition coefficient (Wildman–Crippen LogP) is 4.37. The molecule has 1 atom stereocenters. The summed E-state index contributed by atoms with van der Waals surface area (Å²) in [6.07, 6.45) is 7.01. The average molecular weight is 479 g/mol. The molecule has 2 aromatic rings. The SMILES string of the molecule is C=CCN(c1ccccn1)C1CCN(CCC(O)(CCNC(=O)C(C)(C)C)c2ccccc2)CC1. The number of rotatable bonds is 11. The van der Waals surface area contributed by atoms with E-state index in [2.05, 4.69) is 32.7 Å². The zero-order valence-electron chi connectivity index (χ0n) is 21.6. The van der Waals surface area contributed by atoms with Gasteiger partial charge in [-0.15, -0.1) is 6.58 Å². The van der Waals surface area contributed by atoms with E-state index in [-0.39, 0.29) is 5.91 Å². The summed E-state index contributed by atoms with van der Waals surface area (Å²) in [7, 11) is 0. The molecular weight excluding hydrogens is 436 g/mol. The van der Waals surface area contributed by atoms with Crippen LogP contribution in [0.4, 0.5) is 5.82 Å². The van der Waals surface area contributed by atoms with Gasteiger partial charge in [0.05, 0.1) is 5.60 Å². The molecule has 190 valence electrons. The van der Waals surface area contributed by atoms with E-state index in [1.165, 1.54) is 0 Å². The fourth-order valence-corrected chi connectivity index (χ4v) is 4.70. The van der Waals surface area contributed by atoms with E-state index in [0.29, 0.717) is 25.4 Å². The third kappa shape index (κ3) is 7.64. The van der Waals surface area contributed by atoms with Crippen LogP contribution in [-0.2, 0) is 10.4 Å². The maximum absolute atomic E-state index is 12.3. The van der Waals surface area contributed by atoms with Crippen LogP contribution in [0.3, 0.4) is 0 Å². The van der Waals surface area contributed by atoms with Crippen molar-refractivity contribution in [1.82, 2.24) is 15.2 Å². The molecule has 1 aliphatic rings. The van der Waals surface area contributed by atoms with E-state index < -0.39 is 11.0 Å². The monoisotopic (exact) mass is 478 g/mol. The van der Waals surface area contributed by atoms with Crippen molar-refractivity contribution in [3.63, 3.8) is 0 Å². The molecule has 1 aromatic heterocycles. The van der Waals surface area contributed by atoms with Crippen LogP contribution in [0, 0.1) is 5.41 Å². The number of aromatic nitrogens is 1. The van der Waals surface area contributed by atoms with Crippen molar-refractivity contribution in [2.45, 2.75) is 58.1 Å². The second-order valence-corrected chi connectivity index (χ2v) is 10.6. The lowest BCUT2D eigenvalue weighted by molar-refractivity contribution is -0.128. The maximum Gasteiger partial charge on any atom is 0.225 e. The van der Waals surface area contributed by atoms with Gasteiger partial charge in [-0.3, -0.25) is 4.79 Å². The van der Waals surface area contributed by atoms with Crippen molar-refractivity contribution in [2.75, 3.05) is 37.6 Å². The Labute approximate surface area is 211 Å². The number of pyridine rings is 1. The fourth-order valence-electron chi connectivity index (χ4n) is 4.70. The number of hydrogen-bond donors (Lipinski definition) is 2. The summed E-state index contributed by atoms with van der Waals surface area (Å²) < 4.78 is 0. The van der Waals surface area contributed by atoms with Crippen LogP contribution in [-0.4, -0.2) is 59.7 Å². The first kappa shape index (κ1) is 26.9. The minimum atomic E-state index is -0.980. The van der Waals surface area contributed by atoms with Crippen molar-refractivity contribution >= 4 is 11.7 Å². The fraction of sp³-hybridized carbons (Fsp3) is 0.517. The van der Waals surface area contributed by atoms with Crippen LogP contribution in [0.15, 0.2) is 67.4 Å². The van der Waals surface area contributed by atoms with Gasteiger partial charge in [-0.25, -0.2) is 4.98 Å². The molecule has 0 radical (unpaired) electrons. The Kier molecular flexibility index (Phi) is 9.47. The molecule has 0 bridgehead atoms. The van der Waals surface area contributed by atoms with Gasteiger partial charge in [0.2, 0.25) is 5.91 Å². The maximum atomic E-state index is 12.3. The van der Waals surface area contributed by atoms with Gasteiger partial charge in [0.15, 0.2) is 0 Å². The number of hydrogen-bond acceptors (Lipinski definition) is 5. The Bertz CT molecular complexity index is 921. The number of likely N-dealkylation sites (tertiary alicyclic amines) is 1. The zero-order chi connectivity index (χ0) is 25.3. The summed E-state index contributed by atoms with van der Waals surface area (Å²) >= 11 is 0. The molecule has 6 nitrogen and oxygen atoms in total. The van der Waals surface area contributed by atoms with E-state index in [0.717, 1.165) is 50.4 Å². The molecule has 1 unspecified atom stereocenters. The van der Waals surface area contributed by atoms with Gasteiger partial charge < -0.3 is 20.2 Å². The number of anilines is 1. The topological polar surface area (TPSA) is 68.7 Å². The summed E-state index contributed by atoms with van der Waals surface area (Å²) in [6, 6.07) is 16.3. The number of carbonyl (C=O) groups excluding carboxylic acids is 1. The highest BCUT2D eigenvalue weighted by atomic mass is 16.3. The molecule has 1 amide bonds. The summed E-state index contributed by atoms with van der Waals surface area (Å²) in [4.78, 5) is 21.7. The molecule has 0 aliphatic carbocycles. The van der Waals surface area contributed by atoms with Gasteiger partial charge in [-0.1, -0.05) is 63.2 Å². The standard InChI is InChI=1S/C29H42N4O2/c1-5-20-33(26-13-9-10-18-30-26)25-14-21-32(22-15-25)23-17-29(35,24-11-7-6-8-12-24)16-19-31-27(34)28(2,3)4/h5-13,18,25,35H,1,14-17,19-23H2,2-4H3,(H,31,34). The number of aliphatic hydroxyl groups is 1. The number of carbonyl (C=O) groups is 1. The highest BCUT2D eigenvalue weighted by Gasteiger charge is 2.32. The van der Waals surface area contributed by atoms with E-state index in [1.54, 1.807) is 0 Å². The summed E-state index contributed by atoms with van der Waals surface area (Å²) in [5.74, 6) is 1.01. The first-order chi connectivity index (χ1) is 16.7. The van der Waals surface area contributed by atoms with Crippen molar-refractivity contribution in [3.8, 4) is 0 Å². The van der Waals surface area contributed by atoms with Crippen molar-refractivity contribution < 1.29 is 9.90 Å². The Balaban J connectivity index is 1.58. The summed E-state index contributed by atoms with van der Waals surface area (Å²) in [5, 5.41) is 14.7. The molecule has 35 heavy (non-hydrogen) atoms. The third-order valence-electron chi connectivity index (χ3n) is 6.93. The van der Waals surface area contributed by atoms with Crippen LogP contribution >= 0.6 is 0 Å². The van der Waals surface area contributed by atoms with Crippen LogP contribution < -0.4 is 10.2 Å². The smallest absolute Gasteiger partial charge is 0.225 e. The van der Waals surface area contributed by atoms with Gasteiger partial charge in [0.1, 0.15) is 5.82 Å². The minimum absolute atomic E-state index is 0.00645. The number of nitrogens with zero attached hydrogens (tertiary/aromatic N) is 3. The van der Waals surface area contributed by atoms with Gasteiger partial charge in [0, 0.05) is 50.4 Å². The number of nitrogens with one attached hydrogen (secondary N) is 1. The second kappa shape index (κ2) is 12.3. The molecule has 2 heterocycles. The first-order valence-electron chi connectivity index (χ1n) is 12.8. The molecule has 0 spiro atoms. The van der Waals surface area contributed by atoms with Crippen LogP contribution in [0.5, 0.6) is 0 Å². The highest BCUT2D eigenvalue weighted by molar-refractivity contribution is 5.81. The zero-order valence-corrected chi connectivity index (χ0v) is 21.6. The van der Waals surface area contributed by atoms with E-state index in [9.17, 15) is 9.90 Å². The van der Waals surface area contributed by atoms with Gasteiger partial charge in [-0.05, 0) is 43.4 Å². The summed E-state index contributed by atoms with van der Waals surface area (Å²) in [6.45, 7) is 13.7. The average Bonchev–Trinajstić information content (AvgIpc) is 2.87. The van der Waals surface area contributed by atoms with Crippen LogP contribution in [0.25, 0.3) is 0 Å². The van der Waals surface area contributed by atoms with Gasteiger partial charge >= 0.3 is 0 Å². The molecule has 0 saturated carbocycles. The van der Waals surface area contributed by atoms with Crippen molar-refractivity contribution in [1.29, 1.82) is 0 Å². The normalized spacial score (nSPS) is 16.9. The molecule has 6 heteroatoms. The number of piperidine rings is 1. The van der Waals surface area contributed by atoms with Crippen molar-refractivity contribution in [3.05, 3.63) is 72.9 Å². The van der Waals surface area contributed by atoms with E-state index in [1.807, 2.05) is 75.5 Å². The van der Waals surface area contributed by atoms with E-state index in [4.69, 9.17) is 0 Å². The molecule has 1 fully saturated rings. The molecule has 2 N–H and O–H groups in total. The lowest BCUT2D eigenvalue weighted by atomic mass is 9.86. The Hall–Kier alpha value is -2.70. The first-order valence-corrected chi connectivity index (χ1v) is 12.8. The predicted molar refractivity (Wildman–Crippen MR) is 143 cm³/mol. The number of benzene rings is 1. The van der Waals surface area contributed by atoms with Crippen molar-refractivity contribution in [2.24, 2.45) is 5.41 Å². The molecule has 3 rings (SSSR count). The minimum Gasteiger partial charge on any atom is -0.385 e. The Morgan fingerprint density at radius 1 is 1.14 bits per heavy atom. The lowest BCUT2D eigenvalue weighted by Gasteiger charge is -2.40. The summed E-state index contributed by atoms with van der Waals surface area (Å²) in [5.41, 5.74) is -0.511. The Morgan fingerprint density at radius 2 is 1.83 bits per heavy atom.